The maximum Gasteiger partial charge on any atom is 0.294 e. The van der Waals surface area contributed by atoms with Gasteiger partial charge in [0, 0.05) is 17.8 Å². The zero-order valence-electron chi connectivity index (χ0n) is 18.3. The van der Waals surface area contributed by atoms with Crippen molar-refractivity contribution in [2.45, 2.75) is 50.5 Å². The third kappa shape index (κ3) is 5.41. The Kier molecular flexibility index (Phi) is 7.02. The Bertz CT molecular complexity index is 1190. The second-order valence-electron chi connectivity index (χ2n) is 8.24. The number of nitriles is 1. The maximum absolute atomic E-state index is 13.0. The van der Waals surface area contributed by atoms with Crippen molar-refractivity contribution >= 4 is 0 Å². The fourth-order valence-corrected chi connectivity index (χ4v) is 3.86. The number of aliphatic hydroxyl groups is 1. The van der Waals surface area contributed by atoms with Gasteiger partial charge in [-0.15, -0.1) is 20.2 Å². The van der Waals surface area contributed by atoms with Crippen LogP contribution in [0.15, 0.2) is 41.3 Å². The van der Waals surface area contributed by atoms with Crippen molar-refractivity contribution in [3.05, 3.63) is 83.8 Å². The molecule has 0 radical (unpaired) electrons. The van der Waals surface area contributed by atoms with Gasteiger partial charge in [-0.1, -0.05) is 0 Å². The number of fused-ring (bicyclic) bond motifs is 1. The number of aromatic nitrogens is 1. The van der Waals surface area contributed by atoms with Gasteiger partial charge in [0.05, 0.1) is 24.3 Å². The van der Waals surface area contributed by atoms with Crippen molar-refractivity contribution in [3.8, 4) is 11.8 Å². The molecule has 0 amide bonds. The van der Waals surface area contributed by atoms with Crippen molar-refractivity contribution in [2.24, 2.45) is 0 Å². The number of ether oxygens (including phenoxy) is 1. The van der Waals surface area contributed by atoms with E-state index in [2.05, 4.69) is 9.68 Å². The molecule has 3 rings (SSSR count). The highest BCUT2D eigenvalue weighted by Gasteiger charge is 2.44. The smallest absolute Gasteiger partial charge is 0.294 e. The summed E-state index contributed by atoms with van der Waals surface area (Å²) < 4.78 is 7.18. The topological polar surface area (TPSA) is 180 Å². The Morgan fingerprint density at radius 3 is 2.62 bits per heavy atom. The van der Waals surface area contributed by atoms with Gasteiger partial charge in [0.1, 0.15) is 23.6 Å². The van der Waals surface area contributed by atoms with Crippen LogP contribution in [0.4, 0.5) is 0 Å². The first-order valence-corrected chi connectivity index (χ1v) is 10.2. The number of nitrogens with zero attached hydrogens (tertiary/aromatic N) is 4. The summed E-state index contributed by atoms with van der Waals surface area (Å²) in [4.78, 5) is 42.9. The Balaban J connectivity index is 1.92. The average molecular weight is 474 g/mol. The van der Waals surface area contributed by atoms with Crippen LogP contribution in [0.1, 0.15) is 43.0 Å². The van der Waals surface area contributed by atoms with E-state index in [0.717, 1.165) is 0 Å². The molecule has 1 aromatic carbocycles. The van der Waals surface area contributed by atoms with E-state index >= 15 is 0 Å². The first kappa shape index (κ1) is 24.5. The van der Waals surface area contributed by atoms with Gasteiger partial charge in [0.2, 0.25) is 0 Å². The number of rotatable bonds is 9. The van der Waals surface area contributed by atoms with Gasteiger partial charge in [-0.25, -0.2) is 0 Å². The fraction of sp³-hybridized carbons (Fsp3) is 0.429. The predicted molar refractivity (Wildman–Crippen MR) is 114 cm³/mol. The van der Waals surface area contributed by atoms with E-state index in [-0.39, 0.29) is 12.8 Å². The van der Waals surface area contributed by atoms with E-state index in [1.807, 2.05) is 6.07 Å². The normalized spacial score (nSPS) is 19.1. The SMILES string of the molecule is CC1(C)Oc2ccc(C#N)cc2C(n2ccc(CC(CCO[N+](=O)[O-])O[N+](=O)[O-])cc2=O)C1O. The number of hydrogen-bond acceptors (Lipinski definition) is 10. The van der Waals surface area contributed by atoms with Gasteiger partial charge in [0.25, 0.3) is 15.7 Å². The first-order chi connectivity index (χ1) is 16.0. The van der Waals surface area contributed by atoms with Gasteiger partial charge in [0.15, 0.2) is 0 Å². The highest BCUT2D eigenvalue weighted by atomic mass is 17.0. The molecule has 180 valence electrons. The lowest BCUT2D eigenvalue weighted by Crippen LogP contribution is -2.52. The van der Waals surface area contributed by atoms with E-state index in [1.165, 1.54) is 22.9 Å². The molecule has 13 nitrogen and oxygen atoms in total. The molecule has 0 aliphatic carbocycles. The highest BCUT2D eigenvalue weighted by Crippen LogP contribution is 2.41. The Hall–Kier alpha value is -4.18. The fourth-order valence-electron chi connectivity index (χ4n) is 3.86. The Morgan fingerprint density at radius 1 is 1.26 bits per heavy atom. The molecule has 1 N–H and O–H groups in total. The molecule has 3 unspecified atom stereocenters. The summed E-state index contributed by atoms with van der Waals surface area (Å²) in [5, 5.41) is 39.3. The molecule has 0 bridgehead atoms. The van der Waals surface area contributed by atoms with Crippen LogP contribution >= 0.6 is 0 Å². The summed E-state index contributed by atoms with van der Waals surface area (Å²) in [6.45, 7) is 2.94. The molecule has 0 spiro atoms. The number of aliphatic hydroxyl groups excluding tert-OH is 1. The van der Waals surface area contributed by atoms with Crippen molar-refractivity contribution in [1.29, 1.82) is 5.26 Å². The Morgan fingerprint density at radius 2 is 2.00 bits per heavy atom. The number of pyridine rings is 1. The van der Waals surface area contributed by atoms with Crippen molar-refractivity contribution in [3.63, 3.8) is 0 Å². The lowest BCUT2D eigenvalue weighted by molar-refractivity contribution is -0.773. The number of benzene rings is 1. The van der Waals surface area contributed by atoms with Crippen LogP contribution in [0.25, 0.3) is 0 Å². The molecular formula is C21H22N4O9. The standard InChI is InChI=1S/C21H22N4O9/c1-21(2)20(27)19(16-10-14(12-22)3-4-17(16)33-21)23-7-5-13(11-18(23)26)9-15(34-25(30)31)6-8-32-24(28)29/h3-5,7,10-11,15,19-20,27H,6,8-9H2,1-2H3. The summed E-state index contributed by atoms with van der Waals surface area (Å²) in [6, 6.07) is 8.69. The zero-order chi connectivity index (χ0) is 25.0. The lowest BCUT2D eigenvalue weighted by Gasteiger charge is -2.42. The molecule has 1 aromatic heterocycles. The molecule has 13 heteroatoms. The van der Waals surface area contributed by atoms with Crippen LogP contribution in [0.5, 0.6) is 5.75 Å². The third-order valence-electron chi connectivity index (χ3n) is 5.49. The van der Waals surface area contributed by atoms with Crippen LogP contribution in [0.3, 0.4) is 0 Å². The molecule has 2 aromatic rings. The van der Waals surface area contributed by atoms with E-state index in [9.17, 15) is 35.4 Å². The van der Waals surface area contributed by atoms with Crippen LogP contribution < -0.4 is 10.3 Å². The molecule has 1 aliphatic rings. The van der Waals surface area contributed by atoms with E-state index in [1.54, 1.807) is 32.0 Å². The summed E-state index contributed by atoms with van der Waals surface area (Å²) >= 11 is 0. The van der Waals surface area contributed by atoms with Gasteiger partial charge in [-0.05, 0) is 56.5 Å². The quantitative estimate of drug-likeness (QED) is 0.414. The van der Waals surface area contributed by atoms with Gasteiger partial charge in [-0.2, -0.15) is 5.26 Å². The van der Waals surface area contributed by atoms with Gasteiger partial charge >= 0.3 is 0 Å². The molecule has 0 saturated heterocycles. The molecular weight excluding hydrogens is 452 g/mol. The van der Waals surface area contributed by atoms with E-state index in [0.29, 0.717) is 22.4 Å². The second kappa shape index (κ2) is 9.75. The lowest BCUT2D eigenvalue weighted by atomic mass is 9.85. The first-order valence-electron chi connectivity index (χ1n) is 10.2. The molecule has 0 fully saturated rings. The zero-order valence-corrected chi connectivity index (χ0v) is 18.3. The monoisotopic (exact) mass is 474 g/mol. The highest BCUT2D eigenvalue weighted by molar-refractivity contribution is 5.46. The van der Waals surface area contributed by atoms with Crippen LogP contribution in [-0.2, 0) is 16.1 Å². The van der Waals surface area contributed by atoms with Crippen molar-refractivity contribution in [1.82, 2.24) is 4.57 Å². The minimum atomic E-state index is -1.14. The van der Waals surface area contributed by atoms with Crippen molar-refractivity contribution < 1.29 is 29.7 Å². The largest absolute Gasteiger partial charge is 0.485 e. The van der Waals surface area contributed by atoms with E-state index < -0.39 is 46.2 Å². The van der Waals surface area contributed by atoms with Gasteiger partial charge < -0.3 is 24.1 Å². The molecule has 34 heavy (non-hydrogen) atoms. The molecule has 2 heterocycles. The average Bonchev–Trinajstić information content (AvgIpc) is 2.74. The Labute approximate surface area is 192 Å². The summed E-state index contributed by atoms with van der Waals surface area (Å²) in [5.41, 5.74) is -0.353. The third-order valence-corrected chi connectivity index (χ3v) is 5.49. The predicted octanol–water partition coefficient (Wildman–Crippen LogP) is 1.56. The summed E-state index contributed by atoms with van der Waals surface area (Å²) in [5.74, 6) is 0.431. The second-order valence-corrected chi connectivity index (χ2v) is 8.24. The number of hydrogen-bond donors (Lipinski definition) is 1. The van der Waals surface area contributed by atoms with Crippen LogP contribution in [0, 0.1) is 31.6 Å². The van der Waals surface area contributed by atoms with Crippen molar-refractivity contribution in [2.75, 3.05) is 6.61 Å². The molecule has 1 aliphatic heterocycles. The maximum atomic E-state index is 13.0. The minimum absolute atomic E-state index is 0.0743. The van der Waals surface area contributed by atoms with Gasteiger partial charge in [-0.3, -0.25) is 4.79 Å². The summed E-state index contributed by atoms with van der Waals surface area (Å²) in [6.07, 6.45) is -0.997. The molecule has 3 atom stereocenters. The van der Waals surface area contributed by atoms with E-state index in [4.69, 9.17) is 4.74 Å². The molecule has 0 saturated carbocycles. The summed E-state index contributed by atoms with van der Waals surface area (Å²) in [7, 11) is 0. The van der Waals surface area contributed by atoms with Crippen LogP contribution in [0.2, 0.25) is 0 Å². The minimum Gasteiger partial charge on any atom is -0.485 e. The van der Waals surface area contributed by atoms with Crippen LogP contribution in [-0.4, -0.2) is 44.3 Å².